The second kappa shape index (κ2) is 9.66. The molecule has 0 aromatic rings. The van der Waals surface area contributed by atoms with Gasteiger partial charge in [-0.1, -0.05) is 54.5 Å². The third kappa shape index (κ3) is 5.11. The summed E-state index contributed by atoms with van der Waals surface area (Å²) in [6.07, 6.45) is 13.0. The highest BCUT2D eigenvalue weighted by molar-refractivity contribution is 5.74. The standard InChI is InChI=1S/C27H40O5/c1-17(7-12-24(30)26(2,3)25(31)32)22-10-11-23-19(6-5-13-27(22,23)4)9-8-18-14-20(28)16-21(29)15-18/h7-9,12,20-24,28-30H,1,5-6,10-11,13-16H2,2-4H3,(H,31,32)/b12-7+,19-9+/t20-,21-,22-,23+,24-,27-/m1/s1. The van der Waals surface area contributed by atoms with Crippen molar-refractivity contribution < 1.29 is 25.2 Å². The Hall–Kier alpha value is -1.69. The average molecular weight is 445 g/mol. The van der Waals surface area contributed by atoms with E-state index in [1.165, 1.54) is 19.4 Å². The average Bonchev–Trinajstić information content (AvgIpc) is 3.06. The van der Waals surface area contributed by atoms with Crippen molar-refractivity contribution in [1.82, 2.24) is 0 Å². The number of carboxylic acids is 1. The second-order valence-electron chi connectivity index (χ2n) is 11.0. The van der Waals surface area contributed by atoms with Gasteiger partial charge in [-0.05, 0) is 82.5 Å². The van der Waals surface area contributed by atoms with E-state index in [0.717, 1.165) is 43.3 Å². The Balaban J connectivity index is 1.73. The predicted molar refractivity (Wildman–Crippen MR) is 126 cm³/mol. The molecule has 3 aliphatic carbocycles. The first-order chi connectivity index (χ1) is 14.9. The van der Waals surface area contributed by atoms with Crippen molar-refractivity contribution in [3.63, 3.8) is 0 Å². The molecule has 0 unspecified atom stereocenters. The van der Waals surface area contributed by atoms with Crippen LogP contribution in [0, 0.1) is 22.7 Å². The number of carboxylic acid groups (broad SMARTS) is 1. The van der Waals surface area contributed by atoms with Gasteiger partial charge in [-0.15, -0.1) is 0 Å². The van der Waals surface area contributed by atoms with E-state index in [2.05, 4.69) is 25.7 Å². The van der Waals surface area contributed by atoms with E-state index in [4.69, 9.17) is 0 Å². The predicted octanol–water partition coefficient (Wildman–Crippen LogP) is 4.55. The minimum atomic E-state index is -1.24. The maximum atomic E-state index is 11.4. The lowest BCUT2D eigenvalue weighted by Crippen LogP contribution is -2.36. The summed E-state index contributed by atoms with van der Waals surface area (Å²) < 4.78 is 0. The number of aliphatic hydroxyl groups excluding tert-OH is 3. The summed E-state index contributed by atoms with van der Waals surface area (Å²) in [4.78, 5) is 11.4. The first-order valence-electron chi connectivity index (χ1n) is 12.0. The van der Waals surface area contributed by atoms with E-state index in [1.807, 2.05) is 6.08 Å². The third-order valence-corrected chi connectivity index (χ3v) is 8.27. The number of carbonyl (C=O) groups is 1. The Labute approximate surface area is 192 Å². The van der Waals surface area contributed by atoms with Crippen LogP contribution in [0.15, 0.2) is 47.6 Å². The van der Waals surface area contributed by atoms with Crippen molar-refractivity contribution >= 4 is 5.97 Å². The smallest absolute Gasteiger partial charge is 0.312 e. The molecule has 3 saturated carbocycles. The molecule has 0 bridgehead atoms. The first kappa shape index (κ1) is 24.9. The van der Waals surface area contributed by atoms with Gasteiger partial charge in [0.2, 0.25) is 0 Å². The van der Waals surface area contributed by atoms with E-state index in [0.29, 0.717) is 31.1 Å². The number of hydrogen-bond acceptors (Lipinski definition) is 4. The molecule has 0 amide bonds. The second-order valence-corrected chi connectivity index (χ2v) is 11.0. The SMILES string of the molecule is C=C(/C=C/[C@@H](O)C(C)(C)C(=O)O)[C@H]1CC[C@H]2/C(=C/C=C3C[C@@H](O)C[C@H](O)C3)CCC[C@]12C. The Morgan fingerprint density at radius 2 is 1.84 bits per heavy atom. The molecule has 178 valence electrons. The Bertz CT molecular complexity index is 808. The summed E-state index contributed by atoms with van der Waals surface area (Å²) in [7, 11) is 0. The number of aliphatic carboxylic acids is 1. The minimum absolute atomic E-state index is 0.100. The van der Waals surface area contributed by atoms with Crippen LogP contribution in [0.4, 0.5) is 0 Å². The number of hydrogen-bond donors (Lipinski definition) is 4. The zero-order valence-corrected chi connectivity index (χ0v) is 19.8. The quantitative estimate of drug-likeness (QED) is 0.451. The Morgan fingerprint density at radius 3 is 2.47 bits per heavy atom. The molecule has 32 heavy (non-hydrogen) atoms. The van der Waals surface area contributed by atoms with Gasteiger partial charge >= 0.3 is 5.97 Å². The summed E-state index contributed by atoms with van der Waals surface area (Å²) >= 11 is 0. The van der Waals surface area contributed by atoms with Crippen molar-refractivity contribution in [3.8, 4) is 0 Å². The summed E-state index contributed by atoms with van der Waals surface area (Å²) in [6, 6.07) is 0. The molecule has 4 N–H and O–H groups in total. The molecule has 0 aliphatic heterocycles. The van der Waals surface area contributed by atoms with Gasteiger partial charge < -0.3 is 20.4 Å². The number of aliphatic hydroxyl groups is 3. The van der Waals surface area contributed by atoms with Crippen molar-refractivity contribution in [3.05, 3.63) is 47.6 Å². The van der Waals surface area contributed by atoms with E-state index in [-0.39, 0.29) is 5.41 Å². The molecule has 6 atom stereocenters. The monoisotopic (exact) mass is 444 g/mol. The third-order valence-electron chi connectivity index (χ3n) is 8.27. The summed E-state index contributed by atoms with van der Waals surface area (Å²) in [6.45, 7) is 9.70. The topological polar surface area (TPSA) is 98.0 Å². The van der Waals surface area contributed by atoms with Gasteiger partial charge in [-0.2, -0.15) is 0 Å². The number of rotatable bonds is 6. The largest absolute Gasteiger partial charge is 0.481 e. The first-order valence-corrected chi connectivity index (χ1v) is 12.0. The Kier molecular flexibility index (Phi) is 7.53. The molecule has 5 heteroatoms. The molecule has 0 heterocycles. The van der Waals surface area contributed by atoms with Crippen LogP contribution in [0.5, 0.6) is 0 Å². The molecule has 0 aromatic carbocycles. The zero-order valence-electron chi connectivity index (χ0n) is 19.8. The van der Waals surface area contributed by atoms with Crippen molar-refractivity contribution in [1.29, 1.82) is 0 Å². The maximum absolute atomic E-state index is 11.4. The lowest BCUT2D eigenvalue weighted by molar-refractivity contribution is -0.151. The van der Waals surface area contributed by atoms with E-state index >= 15 is 0 Å². The number of fused-ring (bicyclic) bond motifs is 1. The van der Waals surface area contributed by atoms with Crippen LogP contribution in [0.25, 0.3) is 0 Å². The zero-order chi connectivity index (χ0) is 23.7. The molecule has 0 saturated heterocycles. The molecular formula is C27H40O5. The van der Waals surface area contributed by atoms with Crippen LogP contribution >= 0.6 is 0 Å². The summed E-state index contributed by atoms with van der Waals surface area (Å²) in [5.41, 5.74) is 2.39. The van der Waals surface area contributed by atoms with Gasteiger partial charge in [-0.25, -0.2) is 0 Å². The van der Waals surface area contributed by atoms with E-state index in [1.54, 1.807) is 6.08 Å². The van der Waals surface area contributed by atoms with Gasteiger partial charge in [-0.3, -0.25) is 4.79 Å². The van der Waals surface area contributed by atoms with Gasteiger partial charge in [0.1, 0.15) is 0 Å². The van der Waals surface area contributed by atoms with Crippen LogP contribution in [0.3, 0.4) is 0 Å². The Morgan fingerprint density at radius 1 is 1.19 bits per heavy atom. The lowest BCUT2D eigenvalue weighted by Gasteiger charge is -2.42. The van der Waals surface area contributed by atoms with Gasteiger partial charge in [0.05, 0.1) is 23.7 Å². The molecule has 0 spiro atoms. The van der Waals surface area contributed by atoms with E-state index < -0.39 is 29.7 Å². The van der Waals surface area contributed by atoms with Crippen LogP contribution in [-0.4, -0.2) is 44.7 Å². The van der Waals surface area contributed by atoms with Gasteiger partial charge in [0, 0.05) is 0 Å². The lowest BCUT2D eigenvalue weighted by atomic mass is 9.62. The molecular weight excluding hydrogens is 404 g/mol. The summed E-state index contributed by atoms with van der Waals surface area (Å²) in [5.74, 6) is -0.247. The van der Waals surface area contributed by atoms with Crippen molar-refractivity contribution in [2.45, 2.75) is 90.4 Å². The van der Waals surface area contributed by atoms with Gasteiger partial charge in [0.15, 0.2) is 0 Å². The fourth-order valence-corrected chi connectivity index (χ4v) is 6.08. The molecule has 5 nitrogen and oxygen atoms in total. The van der Waals surface area contributed by atoms with Crippen molar-refractivity contribution in [2.75, 3.05) is 0 Å². The van der Waals surface area contributed by atoms with Crippen LogP contribution in [0.2, 0.25) is 0 Å². The van der Waals surface area contributed by atoms with Crippen LogP contribution < -0.4 is 0 Å². The highest BCUT2D eigenvalue weighted by Crippen LogP contribution is 2.59. The molecule has 3 fully saturated rings. The van der Waals surface area contributed by atoms with Crippen LogP contribution in [0.1, 0.15) is 72.1 Å². The maximum Gasteiger partial charge on any atom is 0.312 e. The molecule has 3 rings (SSSR count). The number of allylic oxidation sites excluding steroid dienone is 5. The minimum Gasteiger partial charge on any atom is -0.481 e. The summed E-state index contributed by atoms with van der Waals surface area (Å²) in [5, 5.41) is 39.6. The van der Waals surface area contributed by atoms with Crippen molar-refractivity contribution in [2.24, 2.45) is 22.7 Å². The van der Waals surface area contributed by atoms with E-state index in [9.17, 15) is 25.2 Å². The highest BCUT2D eigenvalue weighted by Gasteiger charge is 2.49. The van der Waals surface area contributed by atoms with Gasteiger partial charge in [0.25, 0.3) is 0 Å². The van der Waals surface area contributed by atoms with Crippen LogP contribution in [-0.2, 0) is 4.79 Å². The molecule has 3 aliphatic rings. The molecule has 0 radical (unpaired) electrons. The normalized spacial score (nSPS) is 35.7. The fourth-order valence-electron chi connectivity index (χ4n) is 6.08. The highest BCUT2D eigenvalue weighted by atomic mass is 16.4. The fraction of sp³-hybridized carbons (Fsp3) is 0.667. The molecule has 0 aromatic heterocycles.